The second-order valence-corrected chi connectivity index (χ2v) is 5.79. The second kappa shape index (κ2) is 4.39. The van der Waals surface area contributed by atoms with E-state index in [0.29, 0.717) is 0 Å². The average molecular weight is 254 g/mol. The van der Waals surface area contributed by atoms with Crippen LogP contribution in [0, 0.1) is 0 Å². The zero-order chi connectivity index (χ0) is 13.5. The third-order valence-corrected chi connectivity index (χ3v) is 3.09. The molecule has 0 saturated heterocycles. The molecule has 0 N–H and O–H groups in total. The molecule has 1 aliphatic heterocycles. The van der Waals surface area contributed by atoms with E-state index in [1.165, 1.54) is 0 Å². The predicted octanol–water partition coefficient (Wildman–Crippen LogP) is 4.70. The average Bonchev–Trinajstić information content (AvgIpc) is 2.37. The number of para-hydroxylation sites is 2. The molecule has 0 amide bonds. The first-order valence-corrected chi connectivity index (χ1v) is 6.58. The topological polar surface area (TPSA) is 18.5 Å². The zero-order valence-electron chi connectivity index (χ0n) is 11.5. The van der Waals surface area contributed by atoms with E-state index in [2.05, 4.69) is 32.9 Å². The van der Waals surface area contributed by atoms with Crippen molar-refractivity contribution in [1.29, 1.82) is 0 Å². The maximum absolute atomic E-state index is 6.25. The molecular formula is C17H18O2. The van der Waals surface area contributed by atoms with Crippen LogP contribution in [0.25, 0.3) is 0 Å². The van der Waals surface area contributed by atoms with Crippen molar-refractivity contribution in [2.75, 3.05) is 0 Å². The van der Waals surface area contributed by atoms with Gasteiger partial charge in [0.05, 0.1) is 5.60 Å². The van der Waals surface area contributed by atoms with E-state index in [9.17, 15) is 0 Å². The summed E-state index contributed by atoms with van der Waals surface area (Å²) in [5, 5.41) is 0. The lowest BCUT2D eigenvalue weighted by atomic mass is 9.96. The fraction of sp³-hybridized carbons (Fsp3) is 0.294. The highest BCUT2D eigenvalue weighted by Gasteiger charge is 2.30. The van der Waals surface area contributed by atoms with Gasteiger partial charge in [-0.15, -0.1) is 0 Å². The molecule has 2 heteroatoms. The zero-order valence-corrected chi connectivity index (χ0v) is 11.5. The van der Waals surface area contributed by atoms with Crippen LogP contribution in [0.1, 0.15) is 38.0 Å². The van der Waals surface area contributed by atoms with Gasteiger partial charge in [0, 0.05) is 11.1 Å². The van der Waals surface area contributed by atoms with Gasteiger partial charge in [-0.3, -0.25) is 0 Å². The molecule has 2 aromatic rings. The molecule has 0 bridgehead atoms. The van der Waals surface area contributed by atoms with Crippen LogP contribution in [-0.4, -0.2) is 5.60 Å². The summed E-state index contributed by atoms with van der Waals surface area (Å²) in [5.74, 6) is 1.77. The van der Waals surface area contributed by atoms with E-state index in [1.807, 2.05) is 36.4 Å². The number of rotatable bonds is 1. The van der Waals surface area contributed by atoms with Crippen molar-refractivity contribution in [3.05, 3.63) is 59.7 Å². The third-order valence-electron chi connectivity index (χ3n) is 3.09. The molecule has 19 heavy (non-hydrogen) atoms. The highest BCUT2D eigenvalue weighted by Crippen LogP contribution is 2.45. The van der Waals surface area contributed by atoms with Gasteiger partial charge in [-0.25, -0.2) is 0 Å². The van der Waals surface area contributed by atoms with E-state index in [1.54, 1.807) is 0 Å². The molecule has 1 heterocycles. The smallest absolute Gasteiger partial charge is 0.133 e. The van der Waals surface area contributed by atoms with Gasteiger partial charge in [0.2, 0.25) is 0 Å². The fourth-order valence-corrected chi connectivity index (χ4v) is 2.35. The van der Waals surface area contributed by atoms with Gasteiger partial charge in [-0.1, -0.05) is 36.4 Å². The minimum Gasteiger partial charge on any atom is -0.457 e. The van der Waals surface area contributed by atoms with Gasteiger partial charge in [-0.2, -0.15) is 0 Å². The summed E-state index contributed by atoms with van der Waals surface area (Å²) in [6.07, 6.45) is -0.0684. The Morgan fingerprint density at radius 2 is 1.32 bits per heavy atom. The number of benzene rings is 2. The van der Waals surface area contributed by atoms with Crippen molar-refractivity contribution in [3.63, 3.8) is 0 Å². The molecule has 2 nitrogen and oxygen atoms in total. The molecule has 98 valence electrons. The first-order chi connectivity index (χ1) is 9.04. The normalized spacial score (nSPS) is 14.5. The van der Waals surface area contributed by atoms with Gasteiger partial charge in [0.25, 0.3) is 0 Å². The molecule has 0 aromatic heterocycles. The van der Waals surface area contributed by atoms with Gasteiger partial charge in [0.1, 0.15) is 17.6 Å². The minimum absolute atomic E-state index is 0.0684. The number of hydrogen-bond acceptors (Lipinski definition) is 2. The van der Waals surface area contributed by atoms with Crippen LogP contribution in [0.4, 0.5) is 0 Å². The quantitative estimate of drug-likeness (QED) is 0.734. The molecule has 0 radical (unpaired) electrons. The maximum atomic E-state index is 6.25. The largest absolute Gasteiger partial charge is 0.457 e. The molecule has 0 saturated carbocycles. The highest BCUT2D eigenvalue weighted by atomic mass is 16.5. The predicted molar refractivity (Wildman–Crippen MR) is 75.6 cm³/mol. The van der Waals surface area contributed by atoms with Gasteiger partial charge in [-0.05, 0) is 32.9 Å². The van der Waals surface area contributed by atoms with Crippen LogP contribution in [-0.2, 0) is 4.74 Å². The maximum Gasteiger partial charge on any atom is 0.133 e. The molecule has 0 aliphatic carbocycles. The number of ether oxygens (including phenoxy) is 2. The molecule has 3 rings (SSSR count). The molecule has 0 unspecified atom stereocenters. The van der Waals surface area contributed by atoms with Gasteiger partial charge in [0.15, 0.2) is 0 Å². The molecule has 1 aliphatic rings. The van der Waals surface area contributed by atoms with Crippen molar-refractivity contribution >= 4 is 0 Å². The van der Waals surface area contributed by atoms with Crippen LogP contribution < -0.4 is 4.74 Å². The van der Waals surface area contributed by atoms with Crippen LogP contribution in [0.15, 0.2) is 48.5 Å². The summed E-state index contributed by atoms with van der Waals surface area (Å²) in [6.45, 7) is 6.23. The molecule has 0 fully saturated rings. The standard InChI is InChI=1S/C17H18O2/c1-17(2,3)19-16-12-8-4-6-10-14(12)18-15-11-7-5-9-13(15)16/h4-11,16H,1-3H3. The first kappa shape index (κ1) is 12.2. The Bertz CT molecular complexity index is 551. The van der Waals surface area contributed by atoms with E-state index in [4.69, 9.17) is 9.47 Å². The second-order valence-electron chi connectivity index (χ2n) is 5.79. The Labute approximate surface area is 114 Å². The third kappa shape index (κ3) is 2.36. The Balaban J connectivity index is 2.11. The summed E-state index contributed by atoms with van der Waals surface area (Å²) >= 11 is 0. The van der Waals surface area contributed by atoms with E-state index < -0.39 is 0 Å². The van der Waals surface area contributed by atoms with Gasteiger partial charge < -0.3 is 9.47 Å². The lowest BCUT2D eigenvalue weighted by Crippen LogP contribution is -2.25. The summed E-state index contributed by atoms with van der Waals surface area (Å²) in [6, 6.07) is 16.1. The molecule has 0 atom stereocenters. The van der Waals surface area contributed by atoms with E-state index >= 15 is 0 Å². The summed E-state index contributed by atoms with van der Waals surface area (Å²) in [4.78, 5) is 0. The number of fused-ring (bicyclic) bond motifs is 2. The first-order valence-electron chi connectivity index (χ1n) is 6.58. The van der Waals surface area contributed by atoms with Crippen LogP contribution >= 0.6 is 0 Å². The Hall–Kier alpha value is -1.80. The summed E-state index contributed by atoms with van der Waals surface area (Å²) < 4.78 is 12.2. The van der Waals surface area contributed by atoms with Crippen LogP contribution in [0.2, 0.25) is 0 Å². The van der Waals surface area contributed by atoms with Crippen molar-refractivity contribution in [3.8, 4) is 11.5 Å². The number of hydrogen-bond donors (Lipinski definition) is 0. The Morgan fingerprint density at radius 1 is 0.842 bits per heavy atom. The van der Waals surface area contributed by atoms with Gasteiger partial charge >= 0.3 is 0 Å². The van der Waals surface area contributed by atoms with Crippen LogP contribution in [0.5, 0.6) is 11.5 Å². The van der Waals surface area contributed by atoms with Crippen molar-refractivity contribution < 1.29 is 9.47 Å². The summed E-state index contributed by atoms with van der Waals surface area (Å²) in [5.41, 5.74) is 1.98. The molecule has 0 spiro atoms. The Morgan fingerprint density at radius 3 is 1.79 bits per heavy atom. The van der Waals surface area contributed by atoms with Crippen molar-refractivity contribution in [2.24, 2.45) is 0 Å². The monoisotopic (exact) mass is 254 g/mol. The van der Waals surface area contributed by atoms with Crippen LogP contribution in [0.3, 0.4) is 0 Å². The highest BCUT2D eigenvalue weighted by molar-refractivity contribution is 5.52. The lowest BCUT2D eigenvalue weighted by Gasteiger charge is -2.33. The molecule has 2 aromatic carbocycles. The minimum atomic E-state index is -0.206. The summed E-state index contributed by atoms with van der Waals surface area (Å²) in [7, 11) is 0. The lowest BCUT2D eigenvalue weighted by molar-refractivity contribution is -0.0461. The molecular weight excluding hydrogens is 236 g/mol. The van der Waals surface area contributed by atoms with E-state index in [0.717, 1.165) is 22.6 Å². The fourth-order valence-electron chi connectivity index (χ4n) is 2.35. The van der Waals surface area contributed by atoms with Crippen molar-refractivity contribution in [1.82, 2.24) is 0 Å². The van der Waals surface area contributed by atoms with Crippen molar-refractivity contribution in [2.45, 2.75) is 32.5 Å². The SMILES string of the molecule is CC(C)(C)OC1c2ccccc2Oc2ccccc21. The Kier molecular flexibility index (Phi) is 2.83. The van der Waals surface area contributed by atoms with E-state index in [-0.39, 0.29) is 11.7 Å².